The molecular formula is C29H33N5O6S2. The number of carbonyl (C=O) groups is 1. The first-order chi connectivity index (χ1) is 20.4. The molecule has 1 aliphatic carbocycles. The second-order valence-corrected chi connectivity index (χ2v) is 12.9. The fourth-order valence-corrected chi connectivity index (χ4v) is 7.79. The van der Waals surface area contributed by atoms with Crippen molar-refractivity contribution in [3.05, 3.63) is 45.7 Å². The van der Waals surface area contributed by atoms with Crippen molar-refractivity contribution in [2.24, 2.45) is 5.92 Å². The summed E-state index contributed by atoms with van der Waals surface area (Å²) in [6.45, 7) is 1.98. The molecule has 1 saturated heterocycles. The quantitative estimate of drug-likeness (QED) is 0.307. The molecule has 1 amide bonds. The summed E-state index contributed by atoms with van der Waals surface area (Å²) in [5.41, 5.74) is 1.48. The van der Waals surface area contributed by atoms with Gasteiger partial charge in [0.2, 0.25) is 10.9 Å². The normalized spacial score (nSPS) is 23.6. The van der Waals surface area contributed by atoms with Crippen LogP contribution in [0, 0.1) is 5.92 Å². The van der Waals surface area contributed by atoms with Crippen LogP contribution in [0.1, 0.15) is 66.6 Å². The van der Waals surface area contributed by atoms with Gasteiger partial charge in [0.25, 0.3) is 5.19 Å². The van der Waals surface area contributed by atoms with Crippen LogP contribution in [0.5, 0.6) is 22.4 Å². The number of imidazole rings is 1. The van der Waals surface area contributed by atoms with Crippen molar-refractivity contribution < 1.29 is 28.8 Å². The van der Waals surface area contributed by atoms with Crippen molar-refractivity contribution >= 4 is 33.5 Å². The maximum Gasteiger partial charge on any atom is 0.294 e. The average Bonchev–Trinajstić information content (AvgIpc) is 3.82. The molecule has 3 aromatic heterocycles. The topological polar surface area (TPSA) is 121 Å². The van der Waals surface area contributed by atoms with E-state index in [2.05, 4.69) is 10.1 Å². The van der Waals surface area contributed by atoms with E-state index in [9.17, 15) is 9.90 Å². The standard InChI is InChI=1S/C29H33N5O6S2/c1-37-19-11-22(20-13-24(40-23(20)12-19)21-14-34-27(31-21)42-28(32-34)38-2)39-15-18-16-41-26(30-18)29(36)7-5-17(6-8-29)25(35)33-9-3-4-10-33/h11-12,14,16-17,24,36H,3-10,13,15H2,1-2H3. The number of hydrogen-bond acceptors (Lipinski definition) is 11. The molecule has 1 aromatic carbocycles. The minimum Gasteiger partial charge on any atom is -0.496 e. The van der Waals surface area contributed by atoms with Crippen LogP contribution in [0.3, 0.4) is 0 Å². The van der Waals surface area contributed by atoms with Crippen molar-refractivity contribution in [1.29, 1.82) is 0 Å². The van der Waals surface area contributed by atoms with Gasteiger partial charge >= 0.3 is 0 Å². The number of hydrogen-bond donors (Lipinski definition) is 1. The number of nitrogens with zero attached hydrogens (tertiary/aromatic N) is 5. The zero-order chi connectivity index (χ0) is 28.8. The molecule has 7 rings (SSSR count). The molecule has 0 bridgehead atoms. The summed E-state index contributed by atoms with van der Waals surface area (Å²) in [4.78, 5) is 25.0. The van der Waals surface area contributed by atoms with Gasteiger partial charge in [0, 0.05) is 48.5 Å². The molecule has 1 N–H and O–H groups in total. The molecule has 0 radical (unpaired) electrons. The molecular weight excluding hydrogens is 578 g/mol. The second kappa shape index (κ2) is 11.0. The van der Waals surface area contributed by atoms with Crippen molar-refractivity contribution in [2.75, 3.05) is 27.3 Å². The van der Waals surface area contributed by atoms with Crippen molar-refractivity contribution in [2.45, 2.75) is 63.3 Å². The van der Waals surface area contributed by atoms with E-state index in [-0.39, 0.29) is 24.5 Å². The van der Waals surface area contributed by atoms with Crippen LogP contribution in [0.15, 0.2) is 23.7 Å². The third-order valence-corrected chi connectivity index (χ3v) is 10.5. The Balaban J connectivity index is 1.01. The summed E-state index contributed by atoms with van der Waals surface area (Å²) in [6, 6.07) is 3.73. The number of benzene rings is 1. The first-order valence-electron chi connectivity index (χ1n) is 14.3. The first kappa shape index (κ1) is 27.4. The van der Waals surface area contributed by atoms with Crippen molar-refractivity contribution in [3.63, 3.8) is 0 Å². The van der Waals surface area contributed by atoms with Crippen LogP contribution in [0.25, 0.3) is 4.96 Å². The molecule has 11 nitrogen and oxygen atoms in total. The molecule has 2 aliphatic heterocycles. The van der Waals surface area contributed by atoms with Crippen molar-refractivity contribution in [1.82, 2.24) is 24.5 Å². The highest BCUT2D eigenvalue weighted by Gasteiger charge is 2.40. The van der Waals surface area contributed by atoms with Gasteiger partial charge in [-0.3, -0.25) is 4.79 Å². The SMILES string of the molecule is COc1cc(OCc2csc(C3(O)CCC(C(=O)N4CCCC4)CC3)n2)c2c(c1)OC(c1cn3nc(OC)sc3n1)C2. The van der Waals surface area contributed by atoms with Gasteiger partial charge in [0.15, 0.2) is 0 Å². The lowest BCUT2D eigenvalue weighted by molar-refractivity contribution is -0.137. The van der Waals surface area contributed by atoms with Gasteiger partial charge in [-0.05, 0) is 49.9 Å². The van der Waals surface area contributed by atoms with E-state index in [1.165, 1.54) is 22.7 Å². The highest BCUT2D eigenvalue weighted by Crippen LogP contribution is 2.45. The van der Waals surface area contributed by atoms with Crippen LogP contribution in [0.4, 0.5) is 0 Å². The molecule has 4 aromatic rings. The van der Waals surface area contributed by atoms with Gasteiger partial charge in [0.05, 0.1) is 26.1 Å². The third kappa shape index (κ3) is 5.07. The molecule has 1 unspecified atom stereocenters. The van der Waals surface area contributed by atoms with Crippen LogP contribution in [-0.2, 0) is 23.4 Å². The summed E-state index contributed by atoms with van der Waals surface area (Å²) in [5.74, 6) is 2.26. The lowest BCUT2D eigenvalue weighted by Crippen LogP contribution is -2.39. The predicted molar refractivity (Wildman–Crippen MR) is 156 cm³/mol. The average molecular weight is 612 g/mol. The first-order valence-corrected chi connectivity index (χ1v) is 16.0. The van der Waals surface area contributed by atoms with Gasteiger partial charge < -0.3 is 29.0 Å². The highest BCUT2D eigenvalue weighted by molar-refractivity contribution is 7.18. The van der Waals surface area contributed by atoms with E-state index in [4.69, 9.17) is 23.9 Å². The Bertz CT molecular complexity index is 1570. The molecule has 5 heterocycles. The lowest BCUT2D eigenvalue weighted by Gasteiger charge is -2.35. The molecule has 222 valence electrons. The van der Waals surface area contributed by atoms with Crippen LogP contribution >= 0.6 is 22.7 Å². The van der Waals surface area contributed by atoms with E-state index in [1.807, 2.05) is 28.6 Å². The Labute approximate surface area is 251 Å². The summed E-state index contributed by atoms with van der Waals surface area (Å²) < 4.78 is 25.0. The van der Waals surface area contributed by atoms with Crippen LogP contribution in [0.2, 0.25) is 0 Å². The van der Waals surface area contributed by atoms with E-state index < -0.39 is 5.60 Å². The minimum atomic E-state index is -1.000. The maximum atomic E-state index is 12.8. The van der Waals surface area contributed by atoms with Crippen LogP contribution in [-0.4, -0.2) is 62.8 Å². The molecule has 1 saturated carbocycles. The zero-order valence-corrected chi connectivity index (χ0v) is 25.2. The third-order valence-electron chi connectivity index (χ3n) is 8.49. The summed E-state index contributed by atoms with van der Waals surface area (Å²) in [7, 11) is 3.20. The zero-order valence-electron chi connectivity index (χ0n) is 23.6. The predicted octanol–water partition coefficient (Wildman–Crippen LogP) is 4.52. The van der Waals surface area contributed by atoms with Gasteiger partial charge in [-0.1, -0.05) is 0 Å². The highest BCUT2D eigenvalue weighted by atomic mass is 32.1. The number of rotatable bonds is 8. The number of fused-ring (bicyclic) bond motifs is 2. The maximum absolute atomic E-state index is 12.8. The summed E-state index contributed by atoms with van der Waals surface area (Å²) >= 11 is 2.82. The van der Waals surface area contributed by atoms with Gasteiger partial charge in [0.1, 0.15) is 46.3 Å². The minimum absolute atomic E-state index is 0.00448. The van der Waals surface area contributed by atoms with E-state index in [0.717, 1.165) is 47.8 Å². The number of aliphatic hydroxyl groups is 1. The van der Waals surface area contributed by atoms with Crippen LogP contribution < -0.4 is 18.9 Å². The van der Waals surface area contributed by atoms with E-state index in [1.54, 1.807) is 18.7 Å². The van der Waals surface area contributed by atoms with E-state index >= 15 is 0 Å². The Morgan fingerprint density at radius 3 is 2.71 bits per heavy atom. The van der Waals surface area contributed by atoms with Gasteiger partial charge in [-0.15, -0.1) is 16.4 Å². The second-order valence-electron chi connectivity index (χ2n) is 11.1. The number of likely N-dealkylation sites (tertiary alicyclic amines) is 1. The largest absolute Gasteiger partial charge is 0.496 e. The molecule has 42 heavy (non-hydrogen) atoms. The summed E-state index contributed by atoms with van der Waals surface area (Å²) in [5, 5.41) is 19.0. The Kier molecular flexibility index (Phi) is 7.19. The smallest absolute Gasteiger partial charge is 0.294 e. The number of carbonyl (C=O) groups excluding carboxylic acids is 1. The molecule has 13 heteroatoms. The Hall–Kier alpha value is -3.42. The van der Waals surface area contributed by atoms with Gasteiger partial charge in [-0.25, -0.2) is 14.5 Å². The van der Waals surface area contributed by atoms with Gasteiger partial charge in [-0.2, -0.15) is 0 Å². The molecule has 0 spiro atoms. The Morgan fingerprint density at radius 1 is 1.17 bits per heavy atom. The molecule has 1 atom stereocenters. The number of amides is 1. The number of methoxy groups -OCH3 is 2. The Morgan fingerprint density at radius 2 is 1.98 bits per heavy atom. The molecule has 3 aliphatic rings. The fourth-order valence-electron chi connectivity index (χ4n) is 6.12. The number of ether oxygens (including phenoxy) is 4. The monoisotopic (exact) mass is 611 g/mol. The number of aromatic nitrogens is 4. The lowest BCUT2D eigenvalue weighted by atomic mass is 9.78. The summed E-state index contributed by atoms with van der Waals surface area (Å²) in [6.07, 6.45) is 6.82. The fraction of sp³-hybridized carbons (Fsp3) is 0.517. The molecule has 2 fully saturated rings. The van der Waals surface area contributed by atoms with E-state index in [0.29, 0.717) is 59.6 Å². The number of thiazole rings is 1. The van der Waals surface area contributed by atoms with Crippen molar-refractivity contribution in [3.8, 4) is 22.4 Å².